The summed E-state index contributed by atoms with van der Waals surface area (Å²) in [7, 11) is -3.91. The van der Waals surface area contributed by atoms with Crippen LogP contribution in [0.4, 0.5) is 0 Å². The molecule has 3 N–H and O–H groups in total. The van der Waals surface area contributed by atoms with Crippen LogP contribution in [-0.2, 0) is 24.4 Å². The van der Waals surface area contributed by atoms with Crippen LogP contribution in [0.3, 0.4) is 0 Å². The Morgan fingerprint density at radius 3 is 2.29 bits per heavy atom. The van der Waals surface area contributed by atoms with Gasteiger partial charge in [0.15, 0.2) is 0 Å². The number of hydrogen-bond donors (Lipinski definition) is 3. The molecule has 0 radical (unpaired) electrons. The van der Waals surface area contributed by atoms with Crippen molar-refractivity contribution in [1.82, 2.24) is 14.5 Å². The smallest absolute Gasteiger partial charge is 0.326 e. The molecule has 194 valence electrons. The molecule has 2 fully saturated rings. The molecular formula is C24H35N3O7S. The van der Waals surface area contributed by atoms with E-state index < -0.39 is 40.1 Å². The topological polar surface area (TPSA) is 144 Å². The van der Waals surface area contributed by atoms with E-state index in [0.29, 0.717) is 19.3 Å². The third-order valence-electron chi connectivity index (χ3n) is 7.10. The third-order valence-corrected chi connectivity index (χ3v) is 8.55. The van der Waals surface area contributed by atoms with Gasteiger partial charge < -0.3 is 20.0 Å². The van der Waals surface area contributed by atoms with E-state index in [1.807, 2.05) is 20.8 Å². The number of sulfonamides is 1. The van der Waals surface area contributed by atoms with Crippen LogP contribution in [-0.4, -0.2) is 84.0 Å². The summed E-state index contributed by atoms with van der Waals surface area (Å²) >= 11 is 0. The number of carbonyl (C=O) groups excluding carboxylic acids is 2. The number of carboxylic acids is 1. The minimum atomic E-state index is -3.91. The van der Waals surface area contributed by atoms with Gasteiger partial charge >= 0.3 is 5.97 Å². The van der Waals surface area contributed by atoms with E-state index in [1.54, 1.807) is 17.0 Å². The van der Waals surface area contributed by atoms with Gasteiger partial charge in [0.2, 0.25) is 21.8 Å². The largest absolute Gasteiger partial charge is 0.480 e. The Balaban J connectivity index is 1.67. The molecule has 35 heavy (non-hydrogen) atoms. The summed E-state index contributed by atoms with van der Waals surface area (Å²) in [5.74, 6) is -2.48. The highest BCUT2D eigenvalue weighted by molar-refractivity contribution is 7.89. The second-order valence-corrected chi connectivity index (χ2v) is 11.3. The molecule has 2 saturated heterocycles. The zero-order valence-electron chi connectivity index (χ0n) is 20.4. The maximum absolute atomic E-state index is 13.4. The molecule has 2 amide bonds. The Labute approximate surface area is 206 Å². The van der Waals surface area contributed by atoms with Crippen molar-refractivity contribution < 1.29 is 33.0 Å². The summed E-state index contributed by atoms with van der Waals surface area (Å²) in [5, 5.41) is 19.2. The van der Waals surface area contributed by atoms with Crippen molar-refractivity contribution in [3.63, 3.8) is 0 Å². The first kappa shape index (κ1) is 27.1. The number of rotatable bonds is 8. The molecule has 11 heteroatoms. The number of benzene rings is 1. The van der Waals surface area contributed by atoms with Gasteiger partial charge in [-0.2, -0.15) is 4.72 Å². The number of nitrogens with one attached hydrogen (secondary N) is 1. The number of carbonyl (C=O) groups is 3. The number of piperidine rings is 1. The highest BCUT2D eigenvalue weighted by Gasteiger charge is 2.42. The molecule has 2 aliphatic rings. The van der Waals surface area contributed by atoms with Crippen molar-refractivity contribution in [3.8, 4) is 0 Å². The standard InChI is InChI=1S/C24H35N3O7S/c1-4-16(3)21(25-35(33,34)19-7-5-15(2)6-8-19)23(30)26-11-9-17(10-12-26)22(29)27-14-18(28)13-20(27)24(31)32/h5-8,16-18,20-21,25,28H,4,9-14H2,1-3H3,(H,31,32)/t16?,18?,20-,21-/m0/s1. The first-order valence-corrected chi connectivity index (χ1v) is 13.5. The molecule has 0 spiro atoms. The maximum Gasteiger partial charge on any atom is 0.326 e. The molecule has 2 heterocycles. The average molecular weight is 510 g/mol. The quantitative estimate of drug-likeness (QED) is 0.474. The summed E-state index contributed by atoms with van der Waals surface area (Å²) in [4.78, 5) is 40.7. The van der Waals surface area contributed by atoms with Gasteiger partial charge in [-0.1, -0.05) is 38.0 Å². The summed E-state index contributed by atoms with van der Waals surface area (Å²) < 4.78 is 28.5. The molecule has 4 atom stereocenters. The van der Waals surface area contributed by atoms with Gasteiger partial charge in [0.25, 0.3) is 0 Å². The fraction of sp³-hybridized carbons (Fsp3) is 0.625. The van der Waals surface area contributed by atoms with Gasteiger partial charge in [0.05, 0.1) is 11.0 Å². The Morgan fingerprint density at radius 1 is 1.14 bits per heavy atom. The summed E-state index contributed by atoms with van der Waals surface area (Å²) in [5.41, 5.74) is 0.925. The van der Waals surface area contributed by atoms with Crippen molar-refractivity contribution in [3.05, 3.63) is 29.8 Å². The van der Waals surface area contributed by atoms with Gasteiger partial charge in [-0.05, 0) is 37.8 Å². The molecule has 2 aliphatic heterocycles. The van der Waals surface area contributed by atoms with Crippen LogP contribution in [0.15, 0.2) is 29.2 Å². The zero-order chi connectivity index (χ0) is 25.9. The van der Waals surface area contributed by atoms with E-state index in [-0.39, 0.29) is 48.7 Å². The Hall–Kier alpha value is -2.50. The first-order valence-electron chi connectivity index (χ1n) is 12.0. The molecule has 0 saturated carbocycles. The first-order chi connectivity index (χ1) is 16.4. The van der Waals surface area contributed by atoms with Crippen LogP contribution in [0.1, 0.15) is 45.1 Å². The predicted octanol–water partition coefficient (Wildman–Crippen LogP) is 0.973. The van der Waals surface area contributed by atoms with E-state index in [9.17, 15) is 33.0 Å². The molecule has 0 bridgehead atoms. The second-order valence-electron chi connectivity index (χ2n) is 9.63. The molecular weight excluding hydrogens is 474 g/mol. The van der Waals surface area contributed by atoms with E-state index in [4.69, 9.17) is 0 Å². The number of aliphatic hydroxyl groups is 1. The number of hydrogen-bond acceptors (Lipinski definition) is 6. The molecule has 3 rings (SSSR count). The van der Waals surface area contributed by atoms with Crippen molar-refractivity contribution in [2.75, 3.05) is 19.6 Å². The Kier molecular flexibility index (Phi) is 8.55. The molecule has 2 unspecified atom stereocenters. The lowest BCUT2D eigenvalue weighted by molar-refractivity contribution is -0.151. The van der Waals surface area contributed by atoms with Gasteiger partial charge in [0, 0.05) is 32.0 Å². The van der Waals surface area contributed by atoms with Crippen molar-refractivity contribution in [2.24, 2.45) is 11.8 Å². The fourth-order valence-electron chi connectivity index (χ4n) is 4.67. The van der Waals surface area contributed by atoms with E-state index >= 15 is 0 Å². The van der Waals surface area contributed by atoms with Gasteiger partial charge in [0.1, 0.15) is 12.1 Å². The average Bonchev–Trinajstić information content (AvgIpc) is 3.23. The monoisotopic (exact) mass is 509 g/mol. The van der Waals surface area contributed by atoms with Crippen LogP contribution in [0.2, 0.25) is 0 Å². The number of aliphatic carboxylic acids is 1. The molecule has 1 aromatic rings. The van der Waals surface area contributed by atoms with Crippen LogP contribution < -0.4 is 4.72 Å². The summed E-state index contributed by atoms with van der Waals surface area (Å²) in [6.07, 6.45) is 0.439. The van der Waals surface area contributed by atoms with E-state index in [0.717, 1.165) is 5.56 Å². The highest BCUT2D eigenvalue weighted by atomic mass is 32.2. The zero-order valence-corrected chi connectivity index (χ0v) is 21.2. The molecule has 10 nitrogen and oxygen atoms in total. The van der Waals surface area contributed by atoms with Crippen LogP contribution in [0.5, 0.6) is 0 Å². The number of aryl methyl sites for hydroxylation is 1. The van der Waals surface area contributed by atoms with Crippen LogP contribution in [0, 0.1) is 18.8 Å². The van der Waals surface area contributed by atoms with Gasteiger partial charge in [-0.3, -0.25) is 9.59 Å². The Morgan fingerprint density at radius 2 is 1.74 bits per heavy atom. The maximum atomic E-state index is 13.4. The number of amides is 2. The summed E-state index contributed by atoms with van der Waals surface area (Å²) in [6.45, 7) is 6.09. The fourth-order valence-corrected chi connectivity index (χ4v) is 5.97. The second kappa shape index (κ2) is 11.0. The van der Waals surface area contributed by atoms with Gasteiger partial charge in [-0.25, -0.2) is 13.2 Å². The molecule has 0 aromatic heterocycles. The van der Waals surface area contributed by atoms with E-state index in [1.165, 1.54) is 17.0 Å². The van der Waals surface area contributed by atoms with Crippen molar-refractivity contribution in [2.45, 2.75) is 69.5 Å². The third kappa shape index (κ3) is 6.20. The minimum Gasteiger partial charge on any atom is -0.480 e. The SMILES string of the molecule is CCC(C)[C@H](NS(=O)(=O)c1ccc(C)cc1)C(=O)N1CCC(C(=O)N2CC(O)C[C@H]2C(=O)O)CC1. The number of β-amino-alcohol motifs (C(OH)–C–C–N with tert-alkyl or cyclic N) is 1. The normalized spacial score (nSPS) is 23.2. The number of carboxylic acid groups (broad SMARTS) is 1. The van der Waals surface area contributed by atoms with Crippen molar-refractivity contribution >= 4 is 27.8 Å². The van der Waals surface area contributed by atoms with Gasteiger partial charge in [-0.15, -0.1) is 0 Å². The lowest BCUT2D eigenvalue weighted by Crippen LogP contribution is -2.54. The number of aliphatic hydroxyl groups excluding tert-OH is 1. The Bertz CT molecular complexity index is 1040. The predicted molar refractivity (Wildman–Crippen MR) is 128 cm³/mol. The number of nitrogens with zero attached hydrogens (tertiary/aromatic N) is 2. The van der Waals surface area contributed by atoms with Crippen molar-refractivity contribution in [1.29, 1.82) is 0 Å². The lowest BCUT2D eigenvalue weighted by atomic mass is 9.93. The lowest BCUT2D eigenvalue weighted by Gasteiger charge is -2.36. The minimum absolute atomic E-state index is 0.00811. The molecule has 1 aromatic carbocycles. The van der Waals surface area contributed by atoms with Crippen LogP contribution >= 0.6 is 0 Å². The van der Waals surface area contributed by atoms with E-state index in [2.05, 4.69) is 4.72 Å². The summed E-state index contributed by atoms with van der Waals surface area (Å²) in [6, 6.07) is 4.43. The number of likely N-dealkylation sites (tertiary alicyclic amines) is 2. The van der Waals surface area contributed by atoms with Crippen LogP contribution in [0.25, 0.3) is 0 Å². The highest BCUT2D eigenvalue weighted by Crippen LogP contribution is 2.27. The molecule has 0 aliphatic carbocycles.